The van der Waals surface area contributed by atoms with Gasteiger partial charge in [-0.15, -0.1) is 0 Å². The second-order valence-electron chi connectivity index (χ2n) is 4.65. The summed E-state index contributed by atoms with van der Waals surface area (Å²) >= 11 is 2.07. The van der Waals surface area contributed by atoms with Crippen LogP contribution in [0.3, 0.4) is 0 Å². The summed E-state index contributed by atoms with van der Waals surface area (Å²) in [5, 5.41) is 4.37. The largest absolute Gasteiger partial charge is 0.497 e. The molecule has 2 atom stereocenters. The van der Waals surface area contributed by atoms with Gasteiger partial charge in [0.2, 0.25) is 0 Å². The SMILES string of the molecule is COc1ccc(NC2CCCSC2C)c(C)c1. The predicted molar refractivity (Wildman–Crippen MR) is 76.3 cm³/mol. The molecule has 94 valence electrons. The van der Waals surface area contributed by atoms with Gasteiger partial charge in [0.05, 0.1) is 7.11 Å². The highest BCUT2D eigenvalue weighted by Gasteiger charge is 2.21. The number of thioether (sulfide) groups is 1. The van der Waals surface area contributed by atoms with Crippen LogP contribution in [0, 0.1) is 6.92 Å². The summed E-state index contributed by atoms with van der Waals surface area (Å²) in [7, 11) is 1.71. The first kappa shape index (κ1) is 12.6. The molecule has 2 rings (SSSR count). The van der Waals surface area contributed by atoms with Crippen LogP contribution < -0.4 is 10.1 Å². The summed E-state index contributed by atoms with van der Waals surface area (Å²) in [5.41, 5.74) is 2.50. The highest BCUT2D eigenvalue weighted by Crippen LogP contribution is 2.29. The first-order valence-corrected chi connectivity index (χ1v) is 7.28. The standard InChI is InChI=1S/C14H21NOS/c1-10-9-12(16-3)6-7-13(10)15-14-5-4-8-17-11(14)2/h6-7,9,11,14-15H,4-5,8H2,1-3H3. The van der Waals surface area contributed by atoms with Crippen molar-refractivity contribution in [3.63, 3.8) is 0 Å². The van der Waals surface area contributed by atoms with E-state index in [-0.39, 0.29) is 0 Å². The highest BCUT2D eigenvalue weighted by molar-refractivity contribution is 8.00. The van der Waals surface area contributed by atoms with Crippen molar-refractivity contribution < 1.29 is 4.74 Å². The van der Waals surface area contributed by atoms with Gasteiger partial charge < -0.3 is 10.1 Å². The molecule has 2 unspecified atom stereocenters. The lowest BCUT2D eigenvalue weighted by atomic mass is 10.1. The fourth-order valence-corrected chi connectivity index (χ4v) is 3.38. The van der Waals surface area contributed by atoms with E-state index >= 15 is 0 Å². The Morgan fingerprint density at radius 2 is 2.24 bits per heavy atom. The lowest BCUT2D eigenvalue weighted by molar-refractivity contribution is 0.414. The van der Waals surface area contributed by atoms with Gasteiger partial charge >= 0.3 is 0 Å². The Morgan fingerprint density at radius 3 is 2.88 bits per heavy atom. The second-order valence-corrected chi connectivity index (χ2v) is 6.13. The summed E-state index contributed by atoms with van der Waals surface area (Å²) < 4.78 is 5.23. The third kappa shape index (κ3) is 3.09. The number of benzene rings is 1. The zero-order valence-corrected chi connectivity index (χ0v) is 11.6. The minimum atomic E-state index is 0.598. The van der Waals surface area contributed by atoms with Crippen molar-refractivity contribution in [3.05, 3.63) is 23.8 Å². The first-order chi connectivity index (χ1) is 8.20. The number of anilines is 1. The molecule has 1 aliphatic rings. The Balaban J connectivity index is 2.07. The minimum absolute atomic E-state index is 0.598. The molecule has 17 heavy (non-hydrogen) atoms. The third-order valence-corrected chi connectivity index (χ3v) is 4.76. The molecule has 0 aromatic heterocycles. The quantitative estimate of drug-likeness (QED) is 0.885. The van der Waals surface area contributed by atoms with Crippen molar-refractivity contribution in [2.45, 2.75) is 38.0 Å². The molecule has 3 heteroatoms. The summed E-state index contributed by atoms with van der Waals surface area (Å²) in [4.78, 5) is 0. The molecule has 1 aliphatic heterocycles. The van der Waals surface area contributed by atoms with E-state index in [1.807, 2.05) is 6.07 Å². The topological polar surface area (TPSA) is 21.3 Å². The molecular weight excluding hydrogens is 230 g/mol. The van der Waals surface area contributed by atoms with Gasteiger partial charge in [-0.1, -0.05) is 6.92 Å². The van der Waals surface area contributed by atoms with Gasteiger partial charge in [0, 0.05) is 17.0 Å². The molecule has 2 nitrogen and oxygen atoms in total. The molecule has 1 aromatic rings. The number of ether oxygens (including phenoxy) is 1. The van der Waals surface area contributed by atoms with Gasteiger partial charge in [0.15, 0.2) is 0 Å². The van der Waals surface area contributed by atoms with E-state index < -0.39 is 0 Å². The van der Waals surface area contributed by atoms with Crippen molar-refractivity contribution >= 4 is 17.4 Å². The summed E-state index contributed by atoms with van der Waals surface area (Å²) in [6, 6.07) is 6.83. The third-order valence-electron chi connectivity index (χ3n) is 3.38. The molecule has 1 saturated heterocycles. The lowest BCUT2D eigenvalue weighted by Crippen LogP contribution is -2.32. The summed E-state index contributed by atoms with van der Waals surface area (Å²) in [6.07, 6.45) is 2.60. The number of nitrogens with one attached hydrogen (secondary N) is 1. The van der Waals surface area contributed by atoms with E-state index in [0.717, 1.165) is 5.75 Å². The van der Waals surface area contributed by atoms with Gasteiger partial charge in [-0.3, -0.25) is 0 Å². The Labute approximate surface area is 108 Å². The van der Waals surface area contributed by atoms with Crippen molar-refractivity contribution in [1.29, 1.82) is 0 Å². The zero-order valence-electron chi connectivity index (χ0n) is 10.8. The van der Waals surface area contributed by atoms with E-state index in [1.54, 1.807) is 7.11 Å². The van der Waals surface area contributed by atoms with Crippen LogP contribution in [-0.4, -0.2) is 24.2 Å². The van der Waals surface area contributed by atoms with Gasteiger partial charge in [0.25, 0.3) is 0 Å². The van der Waals surface area contributed by atoms with Crippen LogP contribution in [0.5, 0.6) is 5.75 Å². The van der Waals surface area contributed by atoms with E-state index in [2.05, 4.69) is 43.1 Å². The zero-order chi connectivity index (χ0) is 12.3. The number of aryl methyl sites for hydroxylation is 1. The molecule has 1 heterocycles. The normalized spacial score (nSPS) is 24.4. The molecule has 0 spiro atoms. The van der Waals surface area contributed by atoms with Gasteiger partial charge in [-0.25, -0.2) is 0 Å². The van der Waals surface area contributed by atoms with Crippen LogP contribution in [0.25, 0.3) is 0 Å². The van der Waals surface area contributed by atoms with Crippen LogP contribution in [0.15, 0.2) is 18.2 Å². The van der Waals surface area contributed by atoms with E-state index in [9.17, 15) is 0 Å². The summed E-state index contributed by atoms with van der Waals surface area (Å²) in [5.74, 6) is 2.24. The Bertz CT molecular complexity index is 380. The van der Waals surface area contributed by atoms with E-state index in [0.29, 0.717) is 11.3 Å². The minimum Gasteiger partial charge on any atom is -0.497 e. The van der Waals surface area contributed by atoms with Crippen LogP contribution in [0.2, 0.25) is 0 Å². The number of hydrogen-bond donors (Lipinski definition) is 1. The van der Waals surface area contributed by atoms with Crippen molar-refractivity contribution in [3.8, 4) is 5.75 Å². The maximum Gasteiger partial charge on any atom is 0.119 e. The van der Waals surface area contributed by atoms with Gasteiger partial charge in [-0.2, -0.15) is 11.8 Å². The molecular formula is C14H21NOS. The average molecular weight is 251 g/mol. The van der Waals surface area contributed by atoms with E-state index in [1.165, 1.54) is 29.8 Å². The fourth-order valence-electron chi connectivity index (χ4n) is 2.24. The highest BCUT2D eigenvalue weighted by atomic mass is 32.2. The van der Waals surface area contributed by atoms with Crippen LogP contribution >= 0.6 is 11.8 Å². The van der Waals surface area contributed by atoms with Crippen LogP contribution in [0.4, 0.5) is 5.69 Å². The Morgan fingerprint density at radius 1 is 1.41 bits per heavy atom. The monoisotopic (exact) mass is 251 g/mol. The lowest BCUT2D eigenvalue weighted by Gasteiger charge is -2.30. The Kier molecular flexibility index (Phi) is 4.21. The van der Waals surface area contributed by atoms with Crippen molar-refractivity contribution in [2.75, 3.05) is 18.2 Å². The van der Waals surface area contributed by atoms with Gasteiger partial charge in [-0.05, 0) is 49.3 Å². The molecule has 0 amide bonds. The van der Waals surface area contributed by atoms with E-state index in [4.69, 9.17) is 4.74 Å². The maximum atomic E-state index is 5.23. The van der Waals surface area contributed by atoms with Crippen molar-refractivity contribution in [2.24, 2.45) is 0 Å². The molecule has 0 saturated carbocycles. The molecule has 1 aromatic carbocycles. The molecule has 0 bridgehead atoms. The van der Waals surface area contributed by atoms with Crippen LogP contribution in [-0.2, 0) is 0 Å². The van der Waals surface area contributed by atoms with Crippen molar-refractivity contribution in [1.82, 2.24) is 0 Å². The second kappa shape index (κ2) is 5.67. The summed E-state index contributed by atoms with van der Waals surface area (Å²) in [6.45, 7) is 4.45. The molecule has 1 N–H and O–H groups in total. The first-order valence-electron chi connectivity index (χ1n) is 6.23. The van der Waals surface area contributed by atoms with Gasteiger partial charge in [0.1, 0.15) is 5.75 Å². The van der Waals surface area contributed by atoms with Crippen LogP contribution in [0.1, 0.15) is 25.3 Å². The fraction of sp³-hybridized carbons (Fsp3) is 0.571. The maximum absolute atomic E-state index is 5.23. The molecule has 0 radical (unpaired) electrons. The molecule has 0 aliphatic carbocycles. The average Bonchev–Trinajstić information content (AvgIpc) is 2.34. The number of methoxy groups -OCH3 is 1. The number of hydrogen-bond acceptors (Lipinski definition) is 3. The predicted octanol–water partition coefficient (Wildman–Crippen LogP) is 3.70. The molecule has 1 fully saturated rings. The smallest absolute Gasteiger partial charge is 0.119 e. The number of rotatable bonds is 3. The Hall–Kier alpha value is -0.830.